The van der Waals surface area contributed by atoms with Crippen LogP contribution < -0.4 is 10.8 Å². The Hall–Kier alpha value is -3.01. The van der Waals surface area contributed by atoms with Crippen molar-refractivity contribution in [2.24, 2.45) is 11.8 Å². The predicted octanol–water partition coefficient (Wildman–Crippen LogP) is 1.27. The maximum Gasteiger partial charge on any atom is 0.315 e. The molecular formula is C25H30N4O5. The van der Waals surface area contributed by atoms with Crippen molar-refractivity contribution >= 4 is 17.5 Å². The van der Waals surface area contributed by atoms with Gasteiger partial charge >= 0.3 is 5.56 Å². The number of likely N-dealkylation sites (tertiary alicyclic amines) is 1. The van der Waals surface area contributed by atoms with E-state index in [1.54, 1.807) is 15.5 Å². The summed E-state index contributed by atoms with van der Waals surface area (Å²) in [6.45, 7) is 5.85. The number of hydrogen-bond acceptors (Lipinski definition) is 5. The Morgan fingerprint density at radius 2 is 1.94 bits per heavy atom. The van der Waals surface area contributed by atoms with Gasteiger partial charge in [0.1, 0.15) is 6.04 Å². The minimum Gasteiger partial charge on any atom is -0.595 e. The Balaban J connectivity index is 1.42. The molecule has 180 valence electrons. The predicted molar refractivity (Wildman–Crippen MR) is 123 cm³/mol. The molecule has 0 radical (unpaired) electrons. The summed E-state index contributed by atoms with van der Waals surface area (Å²) >= 11 is 0. The first-order chi connectivity index (χ1) is 16.3. The third-order valence-corrected chi connectivity index (χ3v) is 7.77. The molecule has 34 heavy (non-hydrogen) atoms. The number of nitrogens with zero attached hydrogens (tertiary/aromatic N) is 3. The number of carbonyl (C=O) groups excluding carboxylic acids is 2. The number of pyridine rings is 1. The molecule has 3 aliphatic heterocycles. The topological polar surface area (TPSA) is 110 Å². The number of fused-ring (bicyclic) bond motifs is 5. The lowest BCUT2D eigenvalue weighted by Gasteiger charge is -2.45. The maximum atomic E-state index is 13.9. The Morgan fingerprint density at radius 3 is 2.65 bits per heavy atom. The number of carbonyl (C=O) groups is 2. The second kappa shape index (κ2) is 8.65. The monoisotopic (exact) mass is 466 g/mol. The van der Waals surface area contributed by atoms with Crippen LogP contribution in [-0.2, 0) is 17.9 Å². The van der Waals surface area contributed by atoms with Gasteiger partial charge < -0.3 is 19.6 Å². The number of amides is 2. The van der Waals surface area contributed by atoms with Crippen LogP contribution in [0.1, 0.15) is 54.2 Å². The molecule has 2 amide bonds. The number of aromatic nitrogens is 1. The summed E-state index contributed by atoms with van der Waals surface area (Å²) in [6, 6.07) is 10.1. The van der Waals surface area contributed by atoms with E-state index in [1.807, 2.05) is 43.0 Å². The highest BCUT2D eigenvalue weighted by Gasteiger charge is 2.44. The van der Waals surface area contributed by atoms with Gasteiger partial charge in [-0.1, -0.05) is 38.5 Å². The van der Waals surface area contributed by atoms with E-state index in [0.717, 1.165) is 24.1 Å². The number of benzene rings is 1. The highest BCUT2D eigenvalue weighted by Crippen LogP contribution is 2.37. The van der Waals surface area contributed by atoms with Crippen LogP contribution in [0.5, 0.6) is 0 Å². The number of quaternary nitrogens is 1. The van der Waals surface area contributed by atoms with Crippen LogP contribution in [-0.4, -0.2) is 50.5 Å². The SMILES string of the molecule is CCC(C)C(C(=O)N1CC2CC(C1)c1ccc([NH+]([O-])O)c(=O)n1C2)N1Cc2ccccc2C1=O. The molecule has 2 aromatic rings. The lowest BCUT2D eigenvalue weighted by Crippen LogP contribution is -3.00. The second-order valence-electron chi connectivity index (χ2n) is 9.86. The van der Waals surface area contributed by atoms with Crippen LogP contribution in [0.2, 0.25) is 0 Å². The average Bonchev–Trinajstić information content (AvgIpc) is 3.15. The summed E-state index contributed by atoms with van der Waals surface area (Å²) in [6.07, 6.45) is 1.63. The Bertz CT molecular complexity index is 1190. The van der Waals surface area contributed by atoms with E-state index in [4.69, 9.17) is 0 Å². The smallest absolute Gasteiger partial charge is 0.315 e. The molecule has 4 heterocycles. The molecule has 5 unspecified atom stereocenters. The zero-order valence-electron chi connectivity index (χ0n) is 19.4. The molecule has 1 fully saturated rings. The standard InChI is InChI=1S/C25H30N4O5/c1-3-15(2)22(28-14-17-6-4-5-7-19(17)23(28)30)25(32)26-11-16-10-18(13-26)20-8-9-21(29(33)34)24(31)27(20)12-16/h4-9,15-16,18,22,29,33H,3,10-14H2,1-2H3. The number of nitrogens with one attached hydrogen (secondary N) is 1. The number of piperidine rings is 1. The van der Waals surface area contributed by atoms with Crippen LogP contribution in [0.4, 0.5) is 5.69 Å². The second-order valence-corrected chi connectivity index (χ2v) is 9.86. The molecule has 9 nitrogen and oxygen atoms in total. The summed E-state index contributed by atoms with van der Waals surface area (Å²) in [7, 11) is 0. The van der Waals surface area contributed by atoms with E-state index in [-0.39, 0.29) is 35.3 Å². The largest absolute Gasteiger partial charge is 0.595 e. The third-order valence-electron chi connectivity index (χ3n) is 7.77. The molecule has 2 bridgehead atoms. The molecule has 0 saturated carbocycles. The molecule has 0 spiro atoms. The fourth-order valence-corrected chi connectivity index (χ4v) is 5.88. The van der Waals surface area contributed by atoms with Gasteiger partial charge in [-0.05, 0) is 36.0 Å². The summed E-state index contributed by atoms with van der Waals surface area (Å²) in [5, 5.41) is 19.5. The van der Waals surface area contributed by atoms with E-state index in [2.05, 4.69) is 0 Å². The Labute approximate surface area is 197 Å². The van der Waals surface area contributed by atoms with E-state index in [1.165, 1.54) is 6.07 Å². The van der Waals surface area contributed by atoms with Crippen LogP contribution >= 0.6 is 0 Å². The Morgan fingerprint density at radius 1 is 1.18 bits per heavy atom. The summed E-state index contributed by atoms with van der Waals surface area (Å²) < 4.78 is 1.58. The molecule has 5 rings (SSSR count). The van der Waals surface area contributed by atoms with Gasteiger partial charge in [-0.25, -0.2) is 5.21 Å². The van der Waals surface area contributed by atoms with Crippen molar-refractivity contribution in [1.82, 2.24) is 14.4 Å². The molecule has 1 saturated heterocycles. The Kier molecular flexibility index (Phi) is 5.79. The van der Waals surface area contributed by atoms with Crippen molar-refractivity contribution in [3.8, 4) is 0 Å². The minimum atomic E-state index is -1.22. The van der Waals surface area contributed by atoms with Crippen LogP contribution in [0.25, 0.3) is 0 Å². The molecular weight excluding hydrogens is 436 g/mol. The summed E-state index contributed by atoms with van der Waals surface area (Å²) in [4.78, 5) is 43.4. The first-order valence-electron chi connectivity index (χ1n) is 11.9. The highest BCUT2D eigenvalue weighted by atomic mass is 16.8. The van der Waals surface area contributed by atoms with Gasteiger partial charge in [-0.15, -0.1) is 0 Å². The lowest BCUT2D eigenvalue weighted by molar-refractivity contribution is -0.992. The third kappa shape index (κ3) is 3.64. The highest BCUT2D eigenvalue weighted by molar-refractivity contribution is 6.01. The van der Waals surface area contributed by atoms with Crippen LogP contribution in [0.15, 0.2) is 41.2 Å². The van der Waals surface area contributed by atoms with Crippen molar-refractivity contribution in [1.29, 1.82) is 0 Å². The molecule has 1 aromatic heterocycles. The molecule has 0 aliphatic carbocycles. The van der Waals surface area contributed by atoms with E-state index >= 15 is 0 Å². The molecule has 3 aliphatic rings. The van der Waals surface area contributed by atoms with Crippen molar-refractivity contribution in [2.75, 3.05) is 13.1 Å². The van der Waals surface area contributed by atoms with Gasteiger partial charge in [-0.3, -0.25) is 14.4 Å². The van der Waals surface area contributed by atoms with E-state index in [0.29, 0.717) is 31.7 Å². The summed E-state index contributed by atoms with van der Waals surface area (Å²) in [5.41, 5.74) is 1.71. The van der Waals surface area contributed by atoms with Crippen molar-refractivity contribution in [2.45, 2.75) is 51.7 Å². The van der Waals surface area contributed by atoms with Crippen molar-refractivity contribution in [3.63, 3.8) is 0 Å². The first kappa shape index (κ1) is 22.8. The van der Waals surface area contributed by atoms with Gasteiger partial charge in [0.25, 0.3) is 5.91 Å². The number of rotatable bonds is 5. The van der Waals surface area contributed by atoms with Gasteiger partial charge in [-0.2, -0.15) is 5.23 Å². The average molecular weight is 467 g/mol. The fraction of sp³-hybridized carbons (Fsp3) is 0.480. The lowest BCUT2D eigenvalue weighted by atomic mass is 9.82. The quantitative estimate of drug-likeness (QED) is 0.645. The van der Waals surface area contributed by atoms with Gasteiger partial charge in [0.2, 0.25) is 11.6 Å². The zero-order valence-corrected chi connectivity index (χ0v) is 19.4. The fourth-order valence-electron chi connectivity index (χ4n) is 5.88. The van der Waals surface area contributed by atoms with Crippen molar-refractivity contribution < 1.29 is 20.0 Å². The van der Waals surface area contributed by atoms with E-state index < -0.39 is 16.8 Å². The molecule has 2 N–H and O–H groups in total. The molecule has 9 heteroatoms. The zero-order chi connectivity index (χ0) is 24.1. The van der Waals surface area contributed by atoms with Gasteiger partial charge in [0.15, 0.2) is 0 Å². The number of hydrogen-bond donors (Lipinski definition) is 2. The van der Waals surface area contributed by atoms with E-state index in [9.17, 15) is 24.8 Å². The van der Waals surface area contributed by atoms with Gasteiger partial charge in [0, 0.05) is 49.4 Å². The van der Waals surface area contributed by atoms with Crippen LogP contribution in [0.3, 0.4) is 0 Å². The molecule has 1 aromatic carbocycles. The normalized spacial score (nSPS) is 23.8. The minimum absolute atomic E-state index is 0.000518. The van der Waals surface area contributed by atoms with Crippen molar-refractivity contribution in [3.05, 3.63) is 68.8 Å². The maximum absolute atomic E-state index is 13.9. The summed E-state index contributed by atoms with van der Waals surface area (Å²) in [5.74, 6) is -0.0923. The van der Waals surface area contributed by atoms with Gasteiger partial charge in [0.05, 0.1) is 0 Å². The van der Waals surface area contributed by atoms with Crippen LogP contribution in [0, 0.1) is 17.0 Å². The molecule has 5 atom stereocenters. The first-order valence-corrected chi connectivity index (χ1v) is 11.9.